The molecule has 0 heterocycles. The Labute approximate surface area is 93.5 Å². The molecule has 0 aliphatic rings. The molecular weight excluding hydrogens is 210 g/mol. The first-order valence-corrected chi connectivity index (χ1v) is 4.83. The average Bonchev–Trinajstić information content (AvgIpc) is 2.35. The third-order valence-electron chi connectivity index (χ3n) is 2.33. The Balaban J connectivity index is 3.02. The van der Waals surface area contributed by atoms with Crippen molar-refractivity contribution in [3.8, 4) is 5.75 Å². The van der Waals surface area contributed by atoms with Crippen LogP contribution in [-0.4, -0.2) is 36.3 Å². The van der Waals surface area contributed by atoms with Crippen LogP contribution >= 0.6 is 0 Å². The van der Waals surface area contributed by atoms with Crippen LogP contribution in [0.4, 0.5) is 0 Å². The number of rotatable bonds is 5. The number of aliphatic hydroxyl groups excluding tert-OH is 2. The van der Waals surface area contributed by atoms with Crippen LogP contribution in [0.15, 0.2) is 18.2 Å². The topological polar surface area (TPSA) is 92.8 Å². The Bertz CT molecular complexity index is 367. The Hall–Kier alpha value is -1.43. The summed E-state index contributed by atoms with van der Waals surface area (Å²) in [4.78, 5) is 10.6. The van der Waals surface area contributed by atoms with Gasteiger partial charge >= 0.3 is 0 Å². The van der Waals surface area contributed by atoms with E-state index in [1.807, 2.05) is 0 Å². The summed E-state index contributed by atoms with van der Waals surface area (Å²) in [6, 6.07) is 4.58. The number of nitrogens with two attached hydrogens (primary N) is 1. The zero-order chi connectivity index (χ0) is 12.1. The Morgan fingerprint density at radius 1 is 1.50 bits per heavy atom. The van der Waals surface area contributed by atoms with Crippen LogP contribution in [-0.2, 0) is 0 Å². The van der Waals surface area contributed by atoms with E-state index in [1.54, 1.807) is 6.07 Å². The van der Waals surface area contributed by atoms with Crippen molar-refractivity contribution in [3.63, 3.8) is 0 Å². The maximum Gasteiger partial charge on any atom is 0.153 e. The maximum absolute atomic E-state index is 10.6. The summed E-state index contributed by atoms with van der Waals surface area (Å²) < 4.78 is 4.99. The molecule has 1 aromatic carbocycles. The Morgan fingerprint density at radius 3 is 2.69 bits per heavy atom. The van der Waals surface area contributed by atoms with E-state index in [0.29, 0.717) is 23.2 Å². The molecule has 0 fully saturated rings. The van der Waals surface area contributed by atoms with Crippen LogP contribution in [0.2, 0.25) is 0 Å². The predicted octanol–water partition coefficient (Wildman–Crippen LogP) is -0.139. The lowest BCUT2D eigenvalue weighted by molar-refractivity contribution is 0.0242. The number of carbonyl (C=O) groups is 1. The summed E-state index contributed by atoms with van der Waals surface area (Å²) in [6.07, 6.45) is -1.46. The van der Waals surface area contributed by atoms with Gasteiger partial charge in [-0.2, -0.15) is 0 Å². The molecule has 2 unspecified atom stereocenters. The molecule has 0 aliphatic carbocycles. The van der Waals surface area contributed by atoms with Crippen molar-refractivity contribution in [2.75, 3.05) is 13.7 Å². The quantitative estimate of drug-likeness (QED) is 0.606. The second kappa shape index (κ2) is 5.60. The number of hydrogen-bond donors (Lipinski definition) is 3. The van der Waals surface area contributed by atoms with Gasteiger partial charge in [-0.05, 0) is 17.7 Å². The normalized spacial score (nSPS) is 14.2. The monoisotopic (exact) mass is 225 g/mol. The number of benzene rings is 1. The minimum absolute atomic E-state index is 0.0427. The van der Waals surface area contributed by atoms with E-state index in [4.69, 9.17) is 10.5 Å². The van der Waals surface area contributed by atoms with Gasteiger partial charge < -0.3 is 20.7 Å². The predicted molar refractivity (Wildman–Crippen MR) is 58.4 cm³/mol. The van der Waals surface area contributed by atoms with Gasteiger partial charge in [0.2, 0.25) is 0 Å². The highest BCUT2D eigenvalue weighted by molar-refractivity contribution is 5.79. The van der Waals surface area contributed by atoms with E-state index in [0.717, 1.165) is 0 Å². The van der Waals surface area contributed by atoms with Gasteiger partial charge in [-0.1, -0.05) is 6.07 Å². The van der Waals surface area contributed by atoms with E-state index < -0.39 is 12.2 Å². The van der Waals surface area contributed by atoms with Gasteiger partial charge in [0.1, 0.15) is 11.9 Å². The fourth-order valence-corrected chi connectivity index (χ4v) is 1.36. The fraction of sp³-hybridized carbons (Fsp3) is 0.364. The van der Waals surface area contributed by atoms with Crippen molar-refractivity contribution in [2.45, 2.75) is 12.2 Å². The first-order chi connectivity index (χ1) is 7.63. The second-order valence-corrected chi connectivity index (χ2v) is 3.37. The van der Waals surface area contributed by atoms with Gasteiger partial charge in [0, 0.05) is 6.54 Å². The molecule has 0 saturated heterocycles. The summed E-state index contributed by atoms with van der Waals surface area (Å²) in [5, 5.41) is 19.1. The Morgan fingerprint density at radius 2 is 2.19 bits per heavy atom. The van der Waals surface area contributed by atoms with Crippen molar-refractivity contribution in [1.82, 2.24) is 0 Å². The van der Waals surface area contributed by atoms with Crippen molar-refractivity contribution >= 4 is 6.29 Å². The molecule has 0 saturated carbocycles. The van der Waals surface area contributed by atoms with Crippen LogP contribution in [0, 0.1) is 0 Å². The number of aliphatic hydroxyl groups is 2. The van der Waals surface area contributed by atoms with E-state index in [9.17, 15) is 15.0 Å². The summed E-state index contributed by atoms with van der Waals surface area (Å²) >= 11 is 0. The van der Waals surface area contributed by atoms with E-state index >= 15 is 0 Å². The van der Waals surface area contributed by atoms with Gasteiger partial charge in [0.15, 0.2) is 6.29 Å². The standard InChI is InChI=1S/C11H15NO4/c1-16-10-4-7(2-3-8(10)6-13)11(15)9(14)5-12/h2-4,6,9,11,14-15H,5,12H2,1H3. The highest BCUT2D eigenvalue weighted by Gasteiger charge is 2.18. The molecule has 1 aromatic rings. The first-order valence-electron chi connectivity index (χ1n) is 4.83. The average molecular weight is 225 g/mol. The van der Waals surface area contributed by atoms with Gasteiger partial charge in [-0.15, -0.1) is 0 Å². The van der Waals surface area contributed by atoms with Crippen LogP contribution in [0.3, 0.4) is 0 Å². The number of hydrogen-bond acceptors (Lipinski definition) is 5. The molecule has 88 valence electrons. The van der Waals surface area contributed by atoms with Crippen LogP contribution < -0.4 is 10.5 Å². The van der Waals surface area contributed by atoms with Crippen molar-refractivity contribution < 1.29 is 19.7 Å². The molecule has 16 heavy (non-hydrogen) atoms. The van der Waals surface area contributed by atoms with E-state index in [-0.39, 0.29) is 6.54 Å². The minimum Gasteiger partial charge on any atom is -0.496 e. The molecule has 0 amide bonds. The molecule has 5 nitrogen and oxygen atoms in total. The SMILES string of the molecule is COc1cc(C(O)C(O)CN)ccc1C=O. The lowest BCUT2D eigenvalue weighted by Crippen LogP contribution is -2.27. The molecule has 4 N–H and O–H groups in total. The molecule has 1 rings (SSSR count). The molecule has 0 spiro atoms. The second-order valence-electron chi connectivity index (χ2n) is 3.37. The number of aldehydes is 1. The molecule has 5 heteroatoms. The summed E-state index contributed by atoms with van der Waals surface area (Å²) in [7, 11) is 1.43. The van der Waals surface area contributed by atoms with Crippen molar-refractivity contribution in [3.05, 3.63) is 29.3 Å². The summed E-state index contributed by atoms with van der Waals surface area (Å²) in [5.74, 6) is 0.357. The van der Waals surface area contributed by atoms with Crippen molar-refractivity contribution in [1.29, 1.82) is 0 Å². The summed E-state index contributed by atoms with van der Waals surface area (Å²) in [6.45, 7) is -0.0427. The van der Waals surface area contributed by atoms with Crippen LogP contribution in [0.25, 0.3) is 0 Å². The van der Waals surface area contributed by atoms with Gasteiger partial charge in [0.25, 0.3) is 0 Å². The third kappa shape index (κ3) is 2.57. The molecular formula is C11H15NO4. The highest BCUT2D eigenvalue weighted by Crippen LogP contribution is 2.24. The number of methoxy groups -OCH3 is 1. The highest BCUT2D eigenvalue weighted by atomic mass is 16.5. The van der Waals surface area contributed by atoms with Crippen LogP contribution in [0.5, 0.6) is 5.75 Å². The largest absolute Gasteiger partial charge is 0.496 e. The van der Waals surface area contributed by atoms with E-state index in [2.05, 4.69) is 0 Å². The molecule has 0 bridgehead atoms. The third-order valence-corrected chi connectivity index (χ3v) is 2.33. The van der Waals surface area contributed by atoms with Gasteiger partial charge in [-0.3, -0.25) is 4.79 Å². The number of carbonyl (C=O) groups excluding carboxylic acids is 1. The number of ether oxygens (including phenoxy) is 1. The summed E-state index contributed by atoms with van der Waals surface area (Å²) in [5.41, 5.74) is 6.09. The van der Waals surface area contributed by atoms with Gasteiger partial charge in [-0.25, -0.2) is 0 Å². The zero-order valence-corrected chi connectivity index (χ0v) is 8.96. The minimum atomic E-state index is -1.08. The molecule has 2 atom stereocenters. The Kier molecular flexibility index (Phi) is 4.42. The molecule has 0 radical (unpaired) electrons. The first kappa shape index (κ1) is 12.6. The van der Waals surface area contributed by atoms with Crippen molar-refractivity contribution in [2.24, 2.45) is 5.73 Å². The van der Waals surface area contributed by atoms with Gasteiger partial charge in [0.05, 0.1) is 18.8 Å². The maximum atomic E-state index is 10.6. The van der Waals surface area contributed by atoms with E-state index in [1.165, 1.54) is 19.2 Å². The smallest absolute Gasteiger partial charge is 0.153 e. The van der Waals surface area contributed by atoms with Crippen LogP contribution in [0.1, 0.15) is 22.0 Å². The lowest BCUT2D eigenvalue weighted by atomic mass is 10.0. The zero-order valence-electron chi connectivity index (χ0n) is 8.96. The molecule has 0 aliphatic heterocycles. The molecule has 0 aromatic heterocycles. The lowest BCUT2D eigenvalue weighted by Gasteiger charge is -2.17. The fourth-order valence-electron chi connectivity index (χ4n) is 1.36.